The van der Waals surface area contributed by atoms with Gasteiger partial charge in [0.25, 0.3) is 0 Å². The molecule has 8 heteroatoms. The van der Waals surface area contributed by atoms with Gasteiger partial charge in [-0.1, -0.05) is 18.7 Å². The number of nitrogens with one attached hydrogen (secondary N) is 1. The fourth-order valence-electron chi connectivity index (χ4n) is 2.91. The first kappa shape index (κ1) is 24.4. The van der Waals surface area contributed by atoms with E-state index in [1.165, 1.54) is 0 Å². The van der Waals surface area contributed by atoms with Gasteiger partial charge >= 0.3 is 0 Å². The SMILES string of the molecule is C=C/C(=C\C=C/C)Nc1ccc(C(N)=Nc2cc(N)c(N(C)N(C)C)cc2OC)c(N)c1. The molecule has 0 spiro atoms. The van der Waals surface area contributed by atoms with E-state index in [4.69, 9.17) is 21.9 Å². The molecule has 32 heavy (non-hydrogen) atoms. The van der Waals surface area contributed by atoms with E-state index in [2.05, 4.69) is 16.9 Å². The molecule has 0 atom stereocenters. The molecule has 0 amide bonds. The number of anilines is 4. The van der Waals surface area contributed by atoms with Crippen LogP contribution in [0.25, 0.3) is 0 Å². The fraction of sp³-hybridized carbons (Fsp3) is 0.208. The van der Waals surface area contributed by atoms with Crippen molar-refractivity contribution >= 4 is 34.3 Å². The van der Waals surface area contributed by atoms with Crippen LogP contribution in [0.1, 0.15) is 12.5 Å². The molecular weight excluding hydrogens is 402 g/mol. The normalized spacial score (nSPS) is 12.3. The Morgan fingerprint density at radius 1 is 1.12 bits per heavy atom. The average Bonchev–Trinajstić information content (AvgIpc) is 2.76. The molecule has 2 aromatic carbocycles. The molecule has 2 aromatic rings. The zero-order chi connectivity index (χ0) is 23.8. The van der Waals surface area contributed by atoms with Gasteiger partial charge in [-0.25, -0.2) is 10.0 Å². The molecule has 0 heterocycles. The summed E-state index contributed by atoms with van der Waals surface area (Å²) in [5, 5.41) is 7.07. The molecule has 0 saturated heterocycles. The summed E-state index contributed by atoms with van der Waals surface area (Å²) >= 11 is 0. The second-order valence-electron chi connectivity index (χ2n) is 7.23. The second kappa shape index (κ2) is 10.9. The van der Waals surface area contributed by atoms with E-state index in [-0.39, 0.29) is 5.84 Å². The van der Waals surface area contributed by atoms with Crippen LogP contribution in [0.3, 0.4) is 0 Å². The monoisotopic (exact) mass is 435 g/mol. The number of aliphatic imine (C=N–C) groups is 1. The first-order valence-electron chi connectivity index (χ1n) is 10.1. The van der Waals surface area contributed by atoms with Gasteiger partial charge in [0.05, 0.1) is 18.5 Å². The first-order valence-corrected chi connectivity index (χ1v) is 10.1. The molecule has 170 valence electrons. The van der Waals surface area contributed by atoms with Crippen LogP contribution in [0.5, 0.6) is 5.75 Å². The molecule has 0 fully saturated rings. The summed E-state index contributed by atoms with van der Waals surface area (Å²) in [5.41, 5.74) is 23.4. The van der Waals surface area contributed by atoms with Crippen LogP contribution in [0.2, 0.25) is 0 Å². The molecular formula is C24H33N7O. The predicted octanol–water partition coefficient (Wildman–Crippen LogP) is 3.87. The van der Waals surface area contributed by atoms with Crippen molar-refractivity contribution in [1.29, 1.82) is 0 Å². The summed E-state index contributed by atoms with van der Waals surface area (Å²) in [6.45, 7) is 5.76. The third-order valence-corrected chi connectivity index (χ3v) is 4.82. The maximum absolute atomic E-state index is 6.29. The van der Waals surface area contributed by atoms with Crippen molar-refractivity contribution in [2.24, 2.45) is 10.7 Å². The lowest BCUT2D eigenvalue weighted by molar-refractivity contribution is 0.394. The summed E-state index contributed by atoms with van der Waals surface area (Å²) < 4.78 is 5.52. The van der Waals surface area contributed by atoms with E-state index in [1.54, 1.807) is 25.3 Å². The third-order valence-electron chi connectivity index (χ3n) is 4.82. The van der Waals surface area contributed by atoms with Gasteiger partial charge in [0.2, 0.25) is 0 Å². The van der Waals surface area contributed by atoms with Gasteiger partial charge in [-0.05, 0) is 43.3 Å². The highest BCUT2D eigenvalue weighted by Gasteiger charge is 2.14. The second-order valence-corrected chi connectivity index (χ2v) is 7.23. The zero-order valence-corrected chi connectivity index (χ0v) is 19.4. The molecule has 7 N–H and O–H groups in total. The van der Waals surface area contributed by atoms with Crippen molar-refractivity contribution < 1.29 is 4.74 Å². The number of allylic oxidation sites excluding steroid dienone is 4. The van der Waals surface area contributed by atoms with Crippen LogP contribution in [-0.2, 0) is 0 Å². The molecule has 0 aliphatic heterocycles. The standard InChI is InChI=1S/C24H33N7O/c1-7-9-10-16(8-2)28-17-11-12-18(19(25)13-17)24(27)29-21-14-20(26)22(15-23(21)32-6)31(5)30(3)4/h7-15,28H,2,25-26H2,1,3-6H3,(H2,27,29)/b9-7-,16-10+. The van der Waals surface area contributed by atoms with E-state index in [0.29, 0.717) is 28.4 Å². The summed E-state index contributed by atoms with van der Waals surface area (Å²) in [5.74, 6) is 0.807. The minimum atomic E-state index is 0.258. The van der Waals surface area contributed by atoms with E-state index in [1.807, 2.05) is 74.5 Å². The Morgan fingerprint density at radius 3 is 2.41 bits per heavy atom. The van der Waals surface area contributed by atoms with Gasteiger partial charge in [0, 0.05) is 49.8 Å². The van der Waals surface area contributed by atoms with E-state index in [0.717, 1.165) is 17.1 Å². The Labute approximate surface area is 190 Å². The van der Waals surface area contributed by atoms with Gasteiger partial charge in [-0.2, -0.15) is 0 Å². The number of hydrazine groups is 1. The number of amidine groups is 1. The number of rotatable bonds is 9. The first-order chi connectivity index (χ1) is 15.2. The molecule has 0 unspecified atom stereocenters. The Kier molecular flexibility index (Phi) is 8.31. The highest BCUT2D eigenvalue weighted by atomic mass is 16.5. The van der Waals surface area contributed by atoms with Crippen LogP contribution in [-0.4, -0.2) is 39.1 Å². The van der Waals surface area contributed by atoms with E-state index >= 15 is 0 Å². The maximum atomic E-state index is 6.29. The number of benzene rings is 2. The molecule has 0 aliphatic rings. The van der Waals surface area contributed by atoms with Gasteiger partial charge in [-0.3, -0.25) is 0 Å². The van der Waals surface area contributed by atoms with Crippen LogP contribution >= 0.6 is 0 Å². The Balaban J connectivity index is 2.38. The number of nitrogen functional groups attached to an aromatic ring is 2. The Hall–Kier alpha value is -3.91. The van der Waals surface area contributed by atoms with Crippen molar-refractivity contribution in [3.63, 3.8) is 0 Å². The summed E-state index contributed by atoms with van der Waals surface area (Å²) in [6, 6.07) is 9.05. The van der Waals surface area contributed by atoms with Crippen LogP contribution in [0, 0.1) is 0 Å². The quantitative estimate of drug-likeness (QED) is 0.155. The molecule has 0 aromatic heterocycles. The lowest BCUT2D eigenvalue weighted by atomic mass is 10.1. The molecule has 8 nitrogen and oxygen atoms in total. The molecule has 2 rings (SSSR count). The highest BCUT2D eigenvalue weighted by molar-refractivity contribution is 6.04. The number of nitrogens with two attached hydrogens (primary N) is 3. The maximum Gasteiger partial charge on any atom is 0.146 e. The van der Waals surface area contributed by atoms with Crippen LogP contribution < -0.4 is 32.3 Å². The fourth-order valence-corrected chi connectivity index (χ4v) is 2.91. The molecule has 0 bridgehead atoms. The highest BCUT2D eigenvalue weighted by Crippen LogP contribution is 2.37. The number of hydrogen-bond acceptors (Lipinski definition) is 7. The summed E-state index contributed by atoms with van der Waals surface area (Å²) in [4.78, 5) is 4.53. The van der Waals surface area contributed by atoms with Gasteiger partial charge in [-0.15, -0.1) is 0 Å². The van der Waals surface area contributed by atoms with Crippen LogP contribution in [0.4, 0.5) is 28.4 Å². The minimum absolute atomic E-state index is 0.258. The smallest absolute Gasteiger partial charge is 0.146 e. The summed E-state index contributed by atoms with van der Waals surface area (Å²) in [7, 11) is 7.33. The molecule has 0 aliphatic carbocycles. The Bertz CT molecular complexity index is 1050. The van der Waals surface area contributed by atoms with Crippen molar-refractivity contribution in [1.82, 2.24) is 5.01 Å². The van der Waals surface area contributed by atoms with Crippen molar-refractivity contribution in [2.75, 3.05) is 50.0 Å². The topological polar surface area (TPSA) is 118 Å². The number of ether oxygens (including phenoxy) is 1. The van der Waals surface area contributed by atoms with Gasteiger partial charge < -0.3 is 32.3 Å². The zero-order valence-electron chi connectivity index (χ0n) is 19.4. The van der Waals surface area contributed by atoms with Crippen molar-refractivity contribution in [2.45, 2.75) is 6.92 Å². The molecule has 0 radical (unpaired) electrons. The largest absolute Gasteiger partial charge is 0.494 e. The lowest BCUT2D eigenvalue weighted by Gasteiger charge is -2.28. The van der Waals surface area contributed by atoms with Crippen molar-refractivity contribution in [3.8, 4) is 5.75 Å². The predicted molar refractivity (Wildman–Crippen MR) is 137 cm³/mol. The Morgan fingerprint density at radius 2 is 1.84 bits per heavy atom. The van der Waals surface area contributed by atoms with E-state index < -0.39 is 0 Å². The van der Waals surface area contributed by atoms with Crippen molar-refractivity contribution in [3.05, 3.63) is 72.5 Å². The summed E-state index contributed by atoms with van der Waals surface area (Å²) in [6.07, 6.45) is 7.51. The van der Waals surface area contributed by atoms with Crippen LogP contribution in [0.15, 0.2) is 71.9 Å². The number of hydrogen-bond donors (Lipinski definition) is 4. The van der Waals surface area contributed by atoms with Gasteiger partial charge in [0.1, 0.15) is 17.3 Å². The minimum Gasteiger partial charge on any atom is -0.494 e. The van der Waals surface area contributed by atoms with Gasteiger partial charge in [0.15, 0.2) is 0 Å². The molecule has 0 saturated carbocycles. The van der Waals surface area contributed by atoms with E-state index in [9.17, 15) is 0 Å². The third kappa shape index (κ3) is 5.83. The lowest BCUT2D eigenvalue weighted by Crippen LogP contribution is -2.33. The number of nitrogens with zero attached hydrogens (tertiary/aromatic N) is 3. The average molecular weight is 436 g/mol. The number of methoxy groups -OCH3 is 1.